The summed E-state index contributed by atoms with van der Waals surface area (Å²) in [6, 6.07) is 32.9. The quantitative estimate of drug-likeness (QED) is 0.0860. The van der Waals surface area contributed by atoms with Gasteiger partial charge in [0.2, 0.25) is 5.91 Å². The zero-order valence-corrected chi connectivity index (χ0v) is 26.3. The van der Waals surface area contributed by atoms with E-state index in [-0.39, 0.29) is 11.7 Å². The molecule has 5 aromatic rings. The van der Waals surface area contributed by atoms with Gasteiger partial charge in [0.25, 0.3) is 0 Å². The first kappa shape index (κ1) is 30.2. The highest BCUT2D eigenvalue weighted by molar-refractivity contribution is 8.00. The number of hydrogen-bond donors (Lipinski definition) is 3. The largest absolute Gasteiger partial charge is 0.332 e. The van der Waals surface area contributed by atoms with Gasteiger partial charge in [-0.2, -0.15) is 0 Å². The number of nitrogens with one attached hydrogen (secondary N) is 3. The molecule has 5 rings (SSSR count). The SMILES string of the molecule is CC(=O)c1ccc(NC(=S)Nc2cccc(SC(C(=O)Nc3nc(-c4ccc(C)cc4)c(C)s3)c3ccccc3)c2)cc1. The number of thiocarbonyl (C=S) groups is 1. The first-order chi connectivity index (χ1) is 20.7. The number of amides is 1. The number of benzene rings is 4. The molecule has 1 amide bonds. The van der Waals surface area contributed by atoms with E-state index >= 15 is 0 Å². The molecule has 0 aliphatic heterocycles. The number of rotatable bonds is 9. The molecular weight excluding hydrogens is 593 g/mol. The van der Waals surface area contributed by atoms with Crippen LogP contribution in [0.1, 0.15) is 38.5 Å². The van der Waals surface area contributed by atoms with Gasteiger partial charge in [0, 0.05) is 32.3 Å². The number of Topliss-reactive ketones (excluding diaryl/α,β-unsaturated/α-hetero) is 1. The lowest BCUT2D eigenvalue weighted by Crippen LogP contribution is -2.19. The van der Waals surface area contributed by atoms with Gasteiger partial charge in [-0.1, -0.05) is 66.2 Å². The molecule has 0 bridgehead atoms. The van der Waals surface area contributed by atoms with Crippen LogP contribution in [0.3, 0.4) is 0 Å². The van der Waals surface area contributed by atoms with E-state index in [9.17, 15) is 9.59 Å². The van der Waals surface area contributed by atoms with Gasteiger partial charge >= 0.3 is 0 Å². The molecule has 9 heteroatoms. The van der Waals surface area contributed by atoms with Gasteiger partial charge in [-0.3, -0.25) is 9.59 Å². The number of aromatic nitrogens is 1. The van der Waals surface area contributed by atoms with Gasteiger partial charge in [-0.05, 0) is 81.0 Å². The van der Waals surface area contributed by atoms with Crippen molar-refractivity contribution in [3.05, 3.63) is 125 Å². The molecule has 43 heavy (non-hydrogen) atoms. The summed E-state index contributed by atoms with van der Waals surface area (Å²) < 4.78 is 0. The van der Waals surface area contributed by atoms with Crippen molar-refractivity contribution in [3.8, 4) is 11.3 Å². The van der Waals surface area contributed by atoms with Crippen molar-refractivity contribution in [1.82, 2.24) is 4.98 Å². The highest BCUT2D eigenvalue weighted by Crippen LogP contribution is 2.38. The first-order valence-electron chi connectivity index (χ1n) is 13.6. The summed E-state index contributed by atoms with van der Waals surface area (Å²) in [6.07, 6.45) is 0. The Hall–Kier alpha value is -4.31. The van der Waals surface area contributed by atoms with E-state index in [0.29, 0.717) is 15.8 Å². The lowest BCUT2D eigenvalue weighted by molar-refractivity contribution is -0.115. The summed E-state index contributed by atoms with van der Waals surface area (Å²) in [5.74, 6) is -0.136. The second kappa shape index (κ2) is 13.8. The molecule has 1 atom stereocenters. The van der Waals surface area contributed by atoms with Crippen LogP contribution in [0.15, 0.2) is 108 Å². The fourth-order valence-electron chi connectivity index (χ4n) is 4.37. The Labute approximate surface area is 265 Å². The van der Waals surface area contributed by atoms with E-state index in [1.807, 2.05) is 73.7 Å². The predicted molar refractivity (Wildman–Crippen MR) is 183 cm³/mol. The molecule has 0 aliphatic carbocycles. The van der Waals surface area contributed by atoms with E-state index in [0.717, 1.165) is 38.0 Å². The van der Waals surface area contributed by atoms with E-state index in [1.165, 1.54) is 35.6 Å². The highest BCUT2D eigenvalue weighted by Gasteiger charge is 2.24. The lowest BCUT2D eigenvalue weighted by atomic mass is 10.1. The molecule has 3 N–H and O–H groups in total. The number of thioether (sulfide) groups is 1. The Bertz CT molecular complexity index is 1750. The maximum absolute atomic E-state index is 13.7. The first-order valence-corrected chi connectivity index (χ1v) is 15.7. The van der Waals surface area contributed by atoms with Crippen molar-refractivity contribution >= 4 is 68.6 Å². The topological polar surface area (TPSA) is 83.1 Å². The average Bonchev–Trinajstić information content (AvgIpc) is 3.36. The van der Waals surface area contributed by atoms with Crippen LogP contribution in [0, 0.1) is 13.8 Å². The van der Waals surface area contributed by atoms with Crippen LogP contribution in [0.2, 0.25) is 0 Å². The van der Waals surface area contributed by atoms with Crippen molar-refractivity contribution in [2.45, 2.75) is 30.9 Å². The molecule has 0 radical (unpaired) electrons. The zero-order valence-electron chi connectivity index (χ0n) is 23.9. The molecule has 0 fully saturated rings. The molecule has 1 unspecified atom stereocenters. The van der Waals surface area contributed by atoms with E-state index in [2.05, 4.69) is 47.1 Å². The van der Waals surface area contributed by atoms with E-state index < -0.39 is 5.25 Å². The Morgan fingerprint density at radius 2 is 1.51 bits per heavy atom. The molecule has 1 aromatic heterocycles. The second-order valence-electron chi connectivity index (χ2n) is 9.93. The average molecular weight is 623 g/mol. The number of carbonyl (C=O) groups excluding carboxylic acids is 2. The van der Waals surface area contributed by atoms with Gasteiger partial charge in [-0.15, -0.1) is 23.1 Å². The Morgan fingerprint density at radius 3 is 2.21 bits per heavy atom. The number of ketones is 1. The molecule has 0 saturated heterocycles. The van der Waals surface area contributed by atoms with Crippen molar-refractivity contribution in [3.63, 3.8) is 0 Å². The van der Waals surface area contributed by atoms with Crippen molar-refractivity contribution in [2.24, 2.45) is 0 Å². The minimum Gasteiger partial charge on any atom is -0.332 e. The zero-order chi connectivity index (χ0) is 30.3. The molecule has 0 aliphatic rings. The summed E-state index contributed by atoms with van der Waals surface area (Å²) in [7, 11) is 0. The van der Waals surface area contributed by atoms with Crippen LogP contribution in [0.5, 0.6) is 0 Å². The third-order valence-electron chi connectivity index (χ3n) is 6.59. The number of thiazole rings is 1. The Balaban J connectivity index is 1.30. The molecule has 6 nitrogen and oxygen atoms in total. The normalized spacial score (nSPS) is 11.4. The number of hydrogen-bond acceptors (Lipinski definition) is 6. The second-order valence-corrected chi connectivity index (χ2v) is 12.7. The standard InChI is InChI=1S/C34H30N4O2S3/c1-21-12-14-25(15-13-21)30-23(3)42-34(37-30)38-32(40)31(26-8-5-4-6-9-26)43-29-11-7-10-28(20-29)36-33(41)35-27-18-16-24(17-19-27)22(2)39/h4-20,31H,1-3H3,(H2,35,36,41)(H,37,38,40). The number of aryl methyl sites for hydroxylation is 2. The highest BCUT2D eigenvalue weighted by atomic mass is 32.2. The third kappa shape index (κ3) is 7.95. The van der Waals surface area contributed by atoms with E-state index in [4.69, 9.17) is 17.2 Å². The Morgan fingerprint density at radius 1 is 0.814 bits per heavy atom. The van der Waals surface area contributed by atoms with Gasteiger partial charge in [0.15, 0.2) is 16.0 Å². The van der Waals surface area contributed by atoms with E-state index in [1.54, 1.807) is 12.1 Å². The fourth-order valence-corrected chi connectivity index (χ4v) is 6.52. The van der Waals surface area contributed by atoms with Crippen molar-refractivity contribution in [2.75, 3.05) is 16.0 Å². The van der Waals surface area contributed by atoms with Crippen LogP contribution in [-0.2, 0) is 4.79 Å². The van der Waals surface area contributed by atoms with Crippen molar-refractivity contribution < 1.29 is 9.59 Å². The van der Waals surface area contributed by atoms with Gasteiger partial charge < -0.3 is 16.0 Å². The number of carbonyl (C=O) groups is 2. The third-order valence-corrected chi connectivity index (χ3v) is 8.93. The predicted octanol–water partition coefficient (Wildman–Crippen LogP) is 8.91. The number of nitrogens with zero attached hydrogens (tertiary/aromatic N) is 1. The van der Waals surface area contributed by atoms with Crippen LogP contribution in [0.4, 0.5) is 16.5 Å². The summed E-state index contributed by atoms with van der Waals surface area (Å²) in [5.41, 5.74) is 6.18. The molecule has 216 valence electrons. The molecule has 0 saturated carbocycles. The fraction of sp³-hybridized carbons (Fsp3) is 0.118. The van der Waals surface area contributed by atoms with Crippen LogP contribution >= 0.6 is 35.3 Å². The summed E-state index contributed by atoms with van der Waals surface area (Å²) in [6.45, 7) is 5.61. The molecular formula is C34H30N4O2S3. The minimum absolute atomic E-state index is 0.0119. The molecule has 1 heterocycles. The number of anilines is 3. The molecule has 4 aromatic carbocycles. The molecule has 0 spiro atoms. The van der Waals surface area contributed by atoms with Crippen LogP contribution in [-0.4, -0.2) is 21.8 Å². The maximum atomic E-state index is 13.7. The van der Waals surface area contributed by atoms with Gasteiger partial charge in [-0.25, -0.2) is 4.98 Å². The smallest absolute Gasteiger partial charge is 0.244 e. The van der Waals surface area contributed by atoms with Crippen LogP contribution in [0.25, 0.3) is 11.3 Å². The van der Waals surface area contributed by atoms with Crippen LogP contribution < -0.4 is 16.0 Å². The lowest BCUT2D eigenvalue weighted by Gasteiger charge is -2.17. The maximum Gasteiger partial charge on any atom is 0.244 e. The summed E-state index contributed by atoms with van der Waals surface area (Å²) in [4.78, 5) is 32.0. The van der Waals surface area contributed by atoms with Gasteiger partial charge in [0.05, 0.1) is 5.69 Å². The summed E-state index contributed by atoms with van der Waals surface area (Å²) >= 11 is 8.44. The Kier molecular flexibility index (Phi) is 9.66. The van der Waals surface area contributed by atoms with Crippen molar-refractivity contribution in [1.29, 1.82) is 0 Å². The minimum atomic E-state index is -0.506. The monoisotopic (exact) mass is 622 g/mol. The summed E-state index contributed by atoms with van der Waals surface area (Å²) in [5, 5.41) is 9.90. The van der Waals surface area contributed by atoms with Gasteiger partial charge in [0.1, 0.15) is 5.25 Å².